The van der Waals surface area contributed by atoms with Gasteiger partial charge in [-0.3, -0.25) is 25.2 Å². The van der Waals surface area contributed by atoms with E-state index in [9.17, 15) is 14.4 Å². The summed E-state index contributed by atoms with van der Waals surface area (Å²) in [5.74, 6) is -0.642. The van der Waals surface area contributed by atoms with Crippen molar-refractivity contribution in [1.82, 2.24) is 16.2 Å². The highest BCUT2D eigenvalue weighted by atomic mass is 35.5. The van der Waals surface area contributed by atoms with Crippen LogP contribution in [0, 0.1) is 13.8 Å². The van der Waals surface area contributed by atoms with Gasteiger partial charge < -0.3 is 9.73 Å². The maximum Gasteiger partial charge on any atom is 0.271 e. The monoisotopic (exact) mass is 383 g/mol. The standard InChI is InChI=1S/C16H15Cl2N3O4/c1-8-5-11(9(2)25-8)15(23)19-7-14(22)20-21-16(24)12-6-10(17)3-4-13(12)18/h3-6H,7H2,1-2H3,(H,19,23)(H,20,22)(H,21,24). The number of amides is 3. The number of rotatable bonds is 4. The molecule has 0 atom stereocenters. The molecular formula is C16H15Cl2N3O4. The second-order valence-electron chi connectivity index (χ2n) is 5.14. The molecule has 0 spiro atoms. The highest BCUT2D eigenvalue weighted by Gasteiger charge is 2.15. The number of carbonyl (C=O) groups is 3. The second-order valence-corrected chi connectivity index (χ2v) is 5.98. The van der Waals surface area contributed by atoms with Crippen LogP contribution in [0.3, 0.4) is 0 Å². The van der Waals surface area contributed by atoms with Gasteiger partial charge in [-0.05, 0) is 38.1 Å². The maximum absolute atomic E-state index is 12.0. The average molecular weight is 384 g/mol. The van der Waals surface area contributed by atoms with E-state index in [1.165, 1.54) is 18.2 Å². The zero-order valence-corrected chi connectivity index (χ0v) is 14.9. The number of carbonyl (C=O) groups excluding carboxylic acids is 3. The Bertz CT molecular complexity index is 833. The molecule has 0 saturated heterocycles. The van der Waals surface area contributed by atoms with E-state index < -0.39 is 17.7 Å². The van der Waals surface area contributed by atoms with Crippen molar-refractivity contribution in [2.24, 2.45) is 0 Å². The zero-order chi connectivity index (χ0) is 18.6. The minimum atomic E-state index is -0.631. The molecular weight excluding hydrogens is 369 g/mol. The van der Waals surface area contributed by atoms with E-state index in [0.717, 1.165) is 0 Å². The first-order valence-corrected chi connectivity index (χ1v) is 7.93. The fourth-order valence-electron chi connectivity index (χ4n) is 2.02. The molecule has 9 heteroatoms. The molecule has 0 aliphatic heterocycles. The van der Waals surface area contributed by atoms with E-state index in [0.29, 0.717) is 22.1 Å². The summed E-state index contributed by atoms with van der Waals surface area (Å²) in [7, 11) is 0. The Hall–Kier alpha value is -2.51. The molecule has 1 aromatic carbocycles. The van der Waals surface area contributed by atoms with Crippen molar-refractivity contribution in [3.8, 4) is 0 Å². The largest absolute Gasteiger partial charge is 0.466 e. The molecule has 3 N–H and O–H groups in total. The molecule has 1 aromatic heterocycles. The van der Waals surface area contributed by atoms with Crippen molar-refractivity contribution in [3.63, 3.8) is 0 Å². The van der Waals surface area contributed by atoms with Gasteiger partial charge >= 0.3 is 0 Å². The summed E-state index contributed by atoms with van der Waals surface area (Å²) in [4.78, 5) is 35.6. The first kappa shape index (κ1) is 18.8. The zero-order valence-electron chi connectivity index (χ0n) is 13.4. The number of benzene rings is 1. The molecule has 0 aliphatic carbocycles. The first-order valence-electron chi connectivity index (χ1n) is 7.17. The van der Waals surface area contributed by atoms with E-state index in [1.807, 2.05) is 0 Å². The van der Waals surface area contributed by atoms with Gasteiger partial charge in [0.05, 0.1) is 22.7 Å². The normalized spacial score (nSPS) is 10.2. The van der Waals surface area contributed by atoms with Gasteiger partial charge in [0.15, 0.2) is 0 Å². The van der Waals surface area contributed by atoms with Crippen molar-refractivity contribution in [3.05, 3.63) is 57.0 Å². The number of halogens is 2. The summed E-state index contributed by atoms with van der Waals surface area (Å²) < 4.78 is 5.25. The SMILES string of the molecule is Cc1cc(C(=O)NCC(=O)NNC(=O)c2cc(Cl)ccc2Cl)c(C)o1. The Labute approximate surface area is 153 Å². The molecule has 0 radical (unpaired) electrons. The summed E-state index contributed by atoms with van der Waals surface area (Å²) in [6.07, 6.45) is 0. The summed E-state index contributed by atoms with van der Waals surface area (Å²) >= 11 is 11.7. The van der Waals surface area contributed by atoms with Gasteiger partial charge in [-0.25, -0.2) is 0 Å². The van der Waals surface area contributed by atoms with Crippen LogP contribution in [0.5, 0.6) is 0 Å². The van der Waals surface area contributed by atoms with E-state index in [4.69, 9.17) is 27.6 Å². The van der Waals surface area contributed by atoms with Gasteiger partial charge in [0.2, 0.25) is 0 Å². The number of hydrazine groups is 1. The number of hydrogen-bond acceptors (Lipinski definition) is 4. The summed E-state index contributed by atoms with van der Waals surface area (Å²) in [6, 6.07) is 5.95. The Morgan fingerprint density at radius 1 is 1.00 bits per heavy atom. The van der Waals surface area contributed by atoms with Crippen molar-refractivity contribution in [2.75, 3.05) is 6.54 Å². The molecule has 0 fully saturated rings. The lowest BCUT2D eigenvalue weighted by molar-refractivity contribution is -0.120. The van der Waals surface area contributed by atoms with Crippen molar-refractivity contribution >= 4 is 40.9 Å². The average Bonchev–Trinajstić information content (AvgIpc) is 2.91. The van der Waals surface area contributed by atoms with Crippen molar-refractivity contribution < 1.29 is 18.8 Å². The fraction of sp³-hybridized carbons (Fsp3) is 0.188. The van der Waals surface area contributed by atoms with Gasteiger partial charge in [0, 0.05) is 5.02 Å². The van der Waals surface area contributed by atoms with Gasteiger partial charge in [-0.1, -0.05) is 23.2 Å². The predicted molar refractivity (Wildman–Crippen MR) is 92.6 cm³/mol. The Morgan fingerprint density at radius 3 is 2.36 bits per heavy atom. The Morgan fingerprint density at radius 2 is 1.72 bits per heavy atom. The van der Waals surface area contributed by atoms with E-state index in [1.54, 1.807) is 19.9 Å². The quantitative estimate of drug-likeness (QED) is 0.705. The molecule has 132 valence electrons. The number of furan rings is 1. The molecule has 0 unspecified atom stereocenters. The van der Waals surface area contributed by atoms with E-state index in [2.05, 4.69) is 16.2 Å². The smallest absolute Gasteiger partial charge is 0.271 e. The summed E-state index contributed by atoms with van der Waals surface area (Å²) in [5.41, 5.74) is 4.83. The molecule has 2 rings (SSSR count). The molecule has 0 bridgehead atoms. The van der Waals surface area contributed by atoms with Crippen LogP contribution in [0.15, 0.2) is 28.7 Å². The van der Waals surface area contributed by atoms with Crippen LogP contribution in [0.4, 0.5) is 0 Å². The van der Waals surface area contributed by atoms with Crippen LogP contribution in [-0.2, 0) is 4.79 Å². The number of hydrogen-bond donors (Lipinski definition) is 3. The first-order chi connectivity index (χ1) is 11.8. The third-order valence-corrected chi connectivity index (χ3v) is 3.75. The van der Waals surface area contributed by atoms with Crippen LogP contribution < -0.4 is 16.2 Å². The third kappa shape index (κ3) is 4.98. The van der Waals surface area contributed by atoms with Crippen LogP contribution in [0.2, 0.25) is 10.0 Å². The van der Waals surface area contributed by atoms with Crippen molar-refractivity contribution in [1.29, 1.82) is 0 Å². The molecule has 7 nitrogen and oxygen atoms in total. The number of aryl methyl sites for hydroxylation is 2. The van der Waals surface area contributed by atoms with Gasteiger partial charge in [0.25, 0.3) is 17.7 Å². The Kier molecular flexibility index (Phi) is 6.06. The fourth-order valence-corrected chi connectivity index (χ4v) is 2.40. The van der Waals surface area contributed by atoms with Crippen LogP contribution in [0.25, 0.3) is 0 Å². The number of nitrogens with one attached hydrogen (secondary N) is 3. The molecule has 2 aromatic rings. The molecule has 25 heavy (non-hydrogen) atoms. The maximum atomic E-state index is 12.0. The topological polar surface area (TPSA) is 100 Å². The van der Waals surface area contributed by atoms with E-state index in [-0.39, 0.29) is 17.1 Å². The third-order valence-electron chi connectivity index (χ3n) is 3.18. The van der Waals surface area contributed by atoms with Gasteiger partial charge in [-0.2, -0.15) is 0 Å². The summed E-state index contributed by atoms with van der Waals surface area (Å²) in [5, 5.41) is 2.95. The second kappa shape index (κ2) is 8.04. The lowest BCUT2D eigenvalue weighted by atomic mass is 10.2. The van der Waals surface area contributed by atoms with Crippen LogP contribution in [0.1, 0.15) is 32.2 Å². The highest BCUT2D eigenvalue weighted by Crippen LogP contribution is 2.20. The molecule has 0 saturated carbocycles. The molecule has 1 heterocycles. The molecule has 0 aliphatic rings. The van der Waals surface area contributed by atoms with Crippen LogP contribution in [-0.4, -0.2) is 24.3 Å². The Balaban J connectivity index is 1.84. The highest BCUT2D eigenvalue weighted by molar-refractivity contribution is 6.35. The summed E-state index contributed by atoms with van der Waals surface area (Å²) in [6.45, 7) is 3.04. The van der Waals surface area contributed by atoms with Crippen LogP contribution >= 0.6 is 23.2 Å². The van der Waals surface area contributed by atoms with Gasteiger partial charge in [0.1, 0.15) is 11.5 Å². The predicted octanol–water partition coefficient (Wildman–Crippen LogP) is 2.39. The van der Waals surface area contributed by atoms with Gasteiger partial charge in [-0.15, -0.1) is 0 Å². The van der Waals surface area contributed by atoms with Crippen molar-refractivity contribution in [2.45, 2.75) is 13.8 Å². The molecule has 3 amide bonds. The minimum Gasteiger partial charge on any atom is -0.466 e. The van der Waals surface area contributed by atoms with E-state index >= 15 is 0 Å². The lowest BCUT2D eigenvalue weighted by Gasteiger charge is -2.09. The lowest BCUT2D eigenvalue weighted by Crippen LogP contribution is -2.46. The minimum absolute atomic E-state index is 0.114.